The molecule has 1 aliphatic heterocycles. The van der Waals surface area contributed by atoms with E-state index < -0.39 is 5.60 Å². The Morgan fingerprint density at radius 2 is 2.11 bits per heavy atom. The molecule has 1 atom stereocenters. The average molecular weight is 291 g/mol. The lowest BCUT2D eigenvalue weighted by Crippen LogP contribution is -2.40. The molecule has 1 fully saturated rings. The minimum atomic E-state index is -0.487. The molecule has 2 amide bonds. The van der Waals surface area contributed by atoms with Crippen molar-refractivity contribution in [3.05, 3.63) is 0 Å². The molecule has 1 N–H and O–H groups in total. The second-order valence-electron chi connectivity index (χ2n) is 5.77. The van der Waals surface area contributed by atoms with E-state index in [-0.39, 0.29) is 18.0 Å². The third-order valence-corrected chi connectivity index (χ3v) is 3.01. The number of alkyl halides is 1. The standard InChI is InChI=1S/C13H23ClN2O3/c1-13(2,3)19-12(18)16-8-6-10(9-16)15-11(17)5-4-7-14/h10H,4-9H2,1-3H3,(H,15,17). The van der Waals surface area contributed by atoms with Crippen LogP contribution in [0.25, 0.3) is 0 Å². The highest BCUT2D eigenvalue weighted by molar-refractivity contribution is 6.17. The van der Waals surface area contributed by atoms with Crippen LogP contribution in [0.1, 0.15) is 40.0 Å². The van der Waals surface area contributed by atoms with Gasteiger partial charge in [0.25, 0.3) is 0 Å². The Morgan fingerprint density at radius 1 is 1.42 bits per heavy atom. The molecule has 0 aliphatic carbocycles. The summed E-state index contributed by atoms with van der Waals surface area (Å²) in [6.07, 6.45) is 1.57. The first-order valence-electron chi connectivity index (χ1n) is 6.65. The number of ether oxygens (including phenoxy) is 1. The number of rotatable bonds is 4. The Kier molecular flexibility index (Phi) is 5.91. The van der Waals surface area contributed by atoms with Gasteiger partial charge in [-0.3, -0.25) is 4.79 Å². The van der Waals surface area contributed by atoms with E-state index in [1.165, 1.54) is 0 Å². The van der Waals surface area contributed by atoms with Gasteiger partial charge in [0, 0.05) is 31.4 Å². The monoisotopic (exact) mass is 290 g/mol. The fraction of sp³-hybridized carbons (Fsp3) is 0.846. The highest BCUT2D eigenvalue weighted by atomic mass is 35.5. The molecule has 0 spiro atoms. The van der Waals surface area contributed by atoms with Gasteiger partial charge in [-0.2, -0.15) is 0 Å². The lowest BCUT2D eigenvalue weighted by molar-refractivity contribution is -0.121. The van der Waals surface area contributed by atoms with Crippen LogP contribution in [-0.2, 0) is 9.53 Å². The van der Waals surface area contributed by atoms with Gasteiger partial charge in [-0.25, -0.2) is 4.79 Å². The SMILES string of the molecule is CC(C)(C)OC(=O)N1CCC(NC(=O)CCCCl)C1. The van der Waals surface area contributed by atoms with Crippen LogP contribution in [0.2, 0.25) is 0 Å². The molecule has 0 aromatic heterocycles. The first-order chi connectivity index (χ1) is 8.81. The zero-order chi connectivity index (χ0) is 14.5. The number of carbonyl (C=O) groups excluding carboxylic acids is 2. The van der Waals surface area contributed by atoms with E-state index in [0.29, 0.717) is 31.8 Å². The summed E-state index contributed by atoms with van der Waals surface area (Å²) in [6, 6.07) is 0.0235. The molecule has 6 heteroatoms. The molecule has 0 bridgehead atoms. The lowest BCUT2D eigenvalue weighted by Gasteiger charge is -2.24. The third-order valence-electron chi connectivity index (χ3n) is 2.74. The molecule has 1 unspecified atom stereocenters. The second kappa shape index (κ2) is 6.98. The summed E-state index contributed by atoms with van der Waals surface area (Å²) in [6.45, 7) is 6.65. The van der Waals surface area contributed by atoms with Crippen LogP contribution in [0.3, 0.4) is 0 Å². The summed E-state index contributed by atoms with van der Waals surface area (Å²) in [5, 5.41) is 2.91. The van der Waals surface area contributed by atoms with E-state index in [1.54, 1.807) is 4.90 Å². The molecule has 19 heavy (non-hydrogen) atoms. The smallest absolute Gasteiger partial charge is 0.410 e. The fourth-order valence-corrected chi connectivity index (χ4v) is 2.03. The molecule has 0 aromatic carbocycles. The Hall–Kier alpha value is -0.970. The van der Waals surface area contributed by atoms with Crippen molar-refractivity contribution in [3.63, 3.8) is 0 Å². The van der Waals surface area contributed by atoms with Gasteiger partial charge >= 0.3 is 6.09 Å². The van der Waals surface area contributed by atoms with Crippen LogP contribution in [0.15, 0.2) is 0 Å². The van der Waals surface area contributed by atoms with Crippen molar-refractivity contribution in [2.45, 2.75) is 51.7 Å². The minimum Gasteiger partial charge on any atom is -0.444 e. The maximum absolute atomic E-state index is 11.8. The molecule has 0 radical (unpaired) electrons. The van der Waals surface area contributed by atoms with E-state index in [9.17, 15) is 9.59 Å². The van der Waals surface area contributed by atoms with Crippen LogP contribution in [0, 0.1) is 0 Å². The fourth-order valence-electron chi connectivity index (χ4n) is 1.90. The van der Waals surface area contributed by atoms with Crippen molar-refractivity contribution in [1.29, 1.82) is 0 Å². The molecule has 110 valence electrons. The average Bonchev–Trinajstić information content (AvgIpc) is 2.72. The molecular weight excluding hydrogens is 268 g/mol. The van der Waals surface area contributed by atoms with Crippen molar-refractivity contribution in [1.82, 2.24) is 10.2 Å². The zero-order valence-corrected chi connectivity index (χ0v) is 12.6. The van der Waals surface area contributed by atoms with E-state index >= 15 is 0 Å². The summed E-state index contributed by atoms with van der Waals surface area (Å²) in [7, 11) is 0. The van der Waals surface area contributed by atoms with Crippen LogP contribution >= 0.6 is 11.6 Å². The maximum Gasteiger partial charge on any atom is 0.410 e. The second-order valence-corrected chi connectivity index (χ2v) is 6.15. The first kappa shape index (κ1) is 16.1. The number of nitrogens with one attached hydrogen (secondary N) is 1. The molecule has 1 heterocycles. The predicted molar refractivity (Wildman–Crippen MR) is 74.3 cm³/mol. The molecule has 1 saturated heterocycles. The quantitative estimate of drug-likeness (QED) is 0.807. The summed E-state index contributed by atoms with van der Waals surface area (Å²) < 4.78 is 5.30. The number of carbonyl (C=O) groups is 2. The third kappa shape index (κ3) is 6.14. The number of hydrogen-bond donors (Lipinski definition) is 1. The van der Waals surface area contributed by atoms with Gasteiger partial charge in [0.2, 0.25) is 5.91 Å². The van der Waals surface area contributed by atoms with Crippen molar-refractivity contribution in [2.75, 3.05) is 19.0 Å². The first-order valence-corrected chi connectivity index (χ1v) is 7.18. The van der Waals surface area contributed by atoms with E-state index in [4.69, 9.17) is 16.3 Å². The lowest BCUT2D eigenvalue weighted by atomic mass is 10.2. The van der Waals surface area contributed by atoms with Crippen LogP contribution in [0.4, 0.5) is 4.79 Å². The number of halogens is 1. The van der Waals surface area contributed by atoms with Crippen molar-refractivity contribution < 1.29 is 14.3 Å². The highest BCUT2D eigenvalue weighted by Crippen LogP contribution is 2.15. The molecular formula is C13H23ClN2O3. The molecule has 5 nitrogen and oxygen atoms in total. The van der Waals surface area contributed by atoms with Gasteiger partial charge < -0.3 is 15.0 Å². The summed E-state index contributed by atoms with van der Waals surface area (Å²) >= 11 is 5.54. The molecule has 1 rings (SSSR count). The molecule has 1 aliphatic rings. The van der Waals surface area contributed by atoms with Gasteiger partial charge in [0.1, 0.15) is 5.60 Å². The topological polar surface area (TPSA) is 58.6 Å². The van der Waals surface area contributed by atoms with Crippen molar-refractivity contribution in [3.8, 4) is 0 Å². The van der Waals surface area contributed by atoms with E-state index in [0.717, 1.165) is 6.42 Å². The largest absolute Gasteiger partial charge is 0.444 e. The van der Waals surface area contributed by atoms with Crippen LogP contribution in [-0.4, -0.2) is 47.5 Å². The van der Waals surface area contributed by atoms with Gasteiger partial charge in [-0.05, 0) is 33.6 Å². The van der Waals surface area contributed by atoms with Gasteiger partial charge in [0.05, 0.1) is 0 Å². The number of hydrogen-bond acceptors (Lipinski definition) is 3. The molecule has 0 aromatic rings. The number of amides is 2. The normalized spacial score (nSPS) is 19.4. The predicted octanol–water partition coefficient (Wildman–Crippen LogP) is 2.13. The van der Waals surface area contributed by atoms with Gasteiger partial charge in [0.15, 0.2) is 0 Å². The van der Waals surface area contributed by atoms with Gasteiger partial charge in [-0.1, -0.05) is 0 Å². The van der Waals surface area contributed by atoms with Crippen molar-refractivity contribution >= 4 is 23.6 Å². The highest BCUT2D eigenvalue weighted by Gasteiger charge is 2.30. The van der Waals surface area contributed by atoms with Crippen LogP contribution in [0.5, 0.6) is 0 Å². The Bertz CT molecular complexity index is 328. The Labute approximate surface area is 119 Å². The van der Waals surface area contributed by atoms with E-state index in [1.807, 2.05) is 20.8 Å². The number of nitrogens with zero attached hydrogens (tertiary/aromatic N) is 1. The maximum atomic E-state index is 11.8. The van der Waals surface area contributed by atoms with Gasteiger partial charge in [-0.15, -0.1) is 11.6 Å². The summed E-state index contributed by atoms with van der Waals surface area (Å²) in [5.41, 5.74) is -0.487. The Morgan fingerprint density at radius 3 is 2.68 bits per heavy atom. The van der Waals surface area contributed by atoms with Crippen molar-refractivity contribution in [2.24, 2.45) is 0 Å². The molecule has 0 saturated carbocycles. The number of likely N-dealkylation sites (tertiary alicyclic amines) is 1. The minimum absolute atomic E-state index is 0.00307. The van der Waals surface area contributed by atoms with Crippen LogP contribution < -0.4 is 5.32 Å². The summed E-state index contributed by atoms with van der Waals surface area (Å²) in [4.78, 5) is 25.0. The van der Waals surface area contributed by atoms with E-state index in [2.05, 4.69) is 5.32 Å². The summed E-state index contributed by atoms with van der Waals surface area (Å²) in [5.74, 6) is 0.485. The Balaban J connectivity index is 2.33. The zero-order valence-electron chi connectivity index (χ0n) is 11.9.